The van der Waals surface area contributed by atoms with Gasteiger partial charge in [-0.25, -0.2) is 4.98 Å². The van der Waals surface area contributed by atoms with Gasteiger partial charge in [0.2, 0.25) is 0 Å². The van der Waals surface area contributed by atoms with Crippen molar-refractivity contribution in [1.29, 1.82) is 0 Å². The van der Waals surface area contributed by atoms with E-state index >= 15 is 0 Å². The van der Waals surface area contributed by atoms with Crippen LogP contribution in [0.15, 0.2) is 34.2 Å². The second kappa shape index (κ2) is 5.36. The number of nitrogens with zero attached hydrogens (tertiary/aromatic N) is 2. The zero-order chi connectivity index (χ0) is 13.1. The number of thiocarbonyl (C=S) groups is 1. The minimum atomic E-state index is -0.164. The molecule has 2 rings (SSSR count). The summed E-state index contributed by atoms with van der Waals surface area (Å²) < 4.78 is 1.35. The van der Waals surface area contributed by atoms with Crippen LogP contribution in [0.25, 0.3) is 10.9 Å². The van der Waals surface area contributed by atoms with E-state index in [1.807, 2.05) is 24.5 Å². The van der Waals surface area contributed by atoms with E-state index in [4.69, 9.17) is 12.2 Å². The molecular formula is C11H12N4OS2. The SMILES string of the molecule is CNC(=S)Nn1c(SC)nc2ccccc2c1=O. The van der Waals surface area contributed by atoms with E-state index in [0.29, 0.717) is 21.2 Å². The maximum atomic E-state index is 12.3. The van der Waals surface area contributed by atoms with Crippen LogP contribution in [0.5, 0.6) is 0 Å². The van der Waals surface area contributed by atoms with Gasteiger partial charge in [0, 0.05) is 7.05 Å². The maximum Gasteiger partial charge on any atom is 0.281 e. The summed E-state index contributed by atoms with van der Waals surface area (Å²) in [5, 5.41) is 4.25. The van der Waals surface area contributed by atoms with E-state index < -0.39 is 0 Å². The highest BCUT2D eigenvalue weighted by Crippen LogP contribution is 2.13. The lowest BCUT2D eigenvalue weighted by Gasteiger charge is -2.13. The summed E-state index contributed by atoms with van der Waals surface area (Å²) in [6.07, 6.45) is 1.86. The molecule has 1 aromatic heterocycles. The van der Waals surface area contributed by atoms with Crippen LogP contribution in [-0.2, 0) is 0 Å². The van der Waals surface area contributed by atoms with Gasteiger partial charge < -0.3 is 5.32 Å². The van der Waals surface area contributed by atoms with Gasteiger partial charge in [-0.15, -0.1) is 0 Å². The van der Waals surface area contributed by atoms with Crippen molar-refractivity contribution >= 4 is 40.0 Å². The molecule has 0 aliphatic rings. The molecule has 7 heteroatoms. The van der Waals surface area contributed by atoms with Gasteiger partial charge >= 0.3 is 0 Å². The summed E-state index contributed by atoms with van der Waals surface area (Å²) in [6.45, 7) is 0. The van der Waals surface area contributed by atoms with Crippen molar-refractivity contribution in [3.05, 3.63) is 34.6 Å². The van der Waals surface area contributed by atoms with E-state index in [1.54, 1.807) is 13.1 Å². The number of hydrogen-bond acceptors (Lipinski definition) is 4. The predicted octanol–water partition coefficient (Wildman–Crippen LogP) is 1.17. The number of hydrogen-bond donors (Lipinski definition) is 2. The Kier molecular flexibility index (Phi) is 3.83. The van der Waals surface area contributed by atoms with E-state index in [0.717, 1.165) is 0 Å². The molecule has 2 N–H and O–H groups in total. The highest BCUT2D eigenvalue weighted by Gasteiger charge is 2.10. The number of fused-ring (bicyclic) bond motifs is 1. The first-order chi connectivity index (χ1) is 8.67. The first-order valence-electron chi connectivity index (χ1n) is 5.22. The van der Waals surface area contributed by atoms with Crippen molar-refractivity contribution in [2.75, 3.05) is 18.7 Å². The Bertz CT molecular complexity index is 653. The number of para-hydroxylation sites is 1. The Morgan fingerprint density at radius 2 is 2.17 bits per heavy atom. The molecule has 94 valence electrons. The minimum absolute atomic E-state index is 0.164. The van der Waals surface area contributed by atoms with Crippen molar-refractivity contribution in [2.45, 2.75) is 5.16 Å². The maximum absolute atomic E-state index is 12.3. The molecule has 1 aromatic carbocycles. The summed E-state index contributed by atoms with van der Waals surface area (Å²) in [5.74, 6) is 0. The van der Waals surface area contributed by atoms with Gasteiger partial charge in [0.25, 0.3) is 5.56 Å². The largest absolute Gasteiger partial charge is 0.364 e. The highest BCUT2D eigenvalue weighted by molar-refractivity contribution is 7.98. The topological polar surface area (TPSA) is 58.9 Å². The molecule has 0 spiro atoms. The average molecular weight is 280 g/mol. The Morgan fingerprint density at radius 1 is 1.44 bits per heavy atom. The Hall–Kier alpha value is -1.60. The van der Waals surface area contributed by atoms with Crippen LogP contribution in [0.2, 0.25) is 0 Å². The van der Waals surface area contributed by atoms with Gasteiger partial charge in [-0.3, -0.25) is 10.2 Å². The molecule has 18 heavy (non-hydrogen) atoms. The highest BCUT2D eigenvalue weighted by atomic mass is 32.2. The summed E-state index contributed by atoms with van der Waals surface area (Å²) >= 11 is 6.39. The number of benzene rings is 1. The molecule has 0 aliphatic heterocycles. The lowest BCUT2D eigenvalue weighted by Crippen LogP contribution is -2.39. The second-order valence-electron chi connectivity index (χ2n) is 3.45. The van der Waals surface area contributed by atoms with Gasteiger partial charge in [-0.05, 0) is 30.6 Å². The van der Waals surface area contributed by atoms with Crippen LogP contribution in [-0.4, -0.2) is 28.1 Å². The molecule has 5 nitrogen and oxygen atoms in total. The molecule has 0 unspecified atom stereocenters. The van der Waals surface area contributed by atoms with Crippen molar-refractivity contribution < 1.29 is 0 Å². The van der Waals surface area contributed by atoms with Gasteiger partial charge in [0.1, 0.15) is 0 Å². The van der Waals surface area contributed by atoms with Crippen LogP contribution in [0.3, 0.4) is 0 Å². The van der Waals surface area contributed by atoms with E-state index in [-0.39, 0.29) is 5.56 Å². The fourth-order valence-corrected chi connectivity index (χ4v) is 2.10. The molecule has 0 fully saturated rings. The molecule has 0 radical (unpaired) electrons. The summed E-state index contributed by atoms with van der Waals surface area (Å²) in [4.78, 5) is 16.7. The van der Waals surface area contributed by atoms with E-state index in [1.165, 1.54) is 16.4 Å². The van der Waals surface area contributed by atoms with Crippen LogP contribution in [0, 0.1) is 0 Å². The molecular weight excluding hydrogens is 268 g/mol. The smallest absolute Gasteiger partial charge is 0.281 e. The summed E-state index contributed by atoms with van der Waals surface area (Å²) in [5.41, 5.74) is 3.33. The Labute approximate surface area is 114 Å². The van der Waals surface area contributed by atoms with Crippen molar-refractivity contribution in [3.8, 4) is 0 Å². The number of thioether (sulfide) groups is 1. The van der Waals surface area contributed by atoms with Crippen LogP contribution < -0.4 is 16.3 Å². The predicted molar refractivity (Wildman–Crippen MR) is 78.8 cm³/mol. The lowest BCUT2D eigenvalue weighted by molar-refractivity contribution is 0.764. The van der Waals surface area contributed by atoms with Crippen molar-refractivity contribution in [3.63, 3.8) is 0 Å². The summed E-state index contributed by atoms with van der Waals surface area (Å²) in [7, 11) is 1.69. The third-order valence-electron chi connectivity index (χ3n) is 2.37. The zero-order valence-electron chi connectivity index (χ0n) is 9.93. The summed E-state index contributed by atoms with van der Waals surface area (Å²) in [6, 6.07) is 7.23. The average Bonchev–Trinajstić information content (AvgIpc) is 2.41. The van der Waals surface area contributed by atoms with Crippen LogP contribution in [0.1, 0.15) is 0 Å². The normalized spacial score (nSPS) is 10.3. The zero-order valence-corrected chi connectivity index (χ0v) is 11.6. The van der Waals surface area contributed by atoms with Crippen LogP contribution in [0.4, 0.5) is 0 Å². The van der Waals surface area contributed by atoms with Crippen LogP contribution >= 0.6 is 24.0 Å². The van der Waals surface area contributed by atoms with Gasteiger partial charge in [-0.1, -0.05) is 23.9 Å². The molecule has 0 amide bonds. The first-order valence-corrected chi connectivity index (χ1v) is 6.85. The molecule has 1 heterocycles. The van der Waals surface area contributed by atoms with Gasteiger partial charge in [0.05, 0.1) is 10.9 Å². The standard InChI is InChI=1S/C11H12N4OS2/c1-12-10(17)14-15-9(16)7-5-3-4-6-8(7)13-11(15)18-2/h3-6H,1-2H3,(H2,12,14,17). The number of aromatic nitrogens is 2. The number of nitrogens with one attached hydrogen (secondary N) is 2. The third-order valence-corrected chi connectivity index (χ3v) is 3.30. The quantitative estimate of drug-likeness (QED) is 0.489. The van der Waals surface area contributed by atoms with E-state index in [9.17, 15) is 4.79 Å². The fourth-order valence-electron chi connectivity index (χ4n) is 1.51. The van der Waals surface area contributed by atoms with Crippen molar-refractivity contribution in [2.24, 2.45) is 0 Å². The fraction of sp³-hybridized carbons (Fsp3) is 0.182. The molecule has 0 atom stereocenters. The minimum Gasteiger partial charge on any atom is -0.364 e. The Morgan fingerprint density at radius 3 is 2.83 bits per heavy atom. The Balaban J connectivity index is 2.66. The second-order valence-corrected chi connectivity index (χ2v) is 4.63. The molecule has 2 aromatic rings. The number of rotatable bonds is 2. The molecule has 0 saturated heterocycles. The third kappa shape index (κ3) is 2.32. The van der Waals surface area contributed by atoms with Gasteiger partial charge in [0.15, 0.2) is 10.3 Å². The van der Waals surface area contributed by atoms with Gasteiger partial charge in [-0.2, -0.15) is 4.68 Å². The molecule has 0 bridgehead atoms. The molecule has 0 saturated carbocycles. The van der Waals surface area contributed by atoms with Crippen molar-refractivity contribution in [1.82, 2.24) is 15.0 Å². The molecule has 0 aliphatic carbocycles. The van der Waals surface area contributed by atoms with E-state index in [2.05, 4.69) is 15.7 Å². The lowest BCUT2D eigenvalue weighted by atomic mass is 10.2. The monoisotopic (exact) mass is 280 g/mol. The first kappa shape index (κ1) is 12.8.